The van der Waals surface area contributed by atoms with Crippen molar-refractivity contribution in [2.45, 2.75) is 85.4 Å². The number of rotatable bonds is 9. The van der Waals surface area contributed by atoms with Crippen LogP contribution in [0.25, 0.3) is 0 Å². The van der Waals surface area contributed by atoms with Crippen LogP contribution in [0.4, 0.5) is 0 Å². The molecule has 0 N–H and O–H groups in total. The summed E-state index contributed by atoms with van der Waals surface area (Å²) in [5, 5.41) is 0. The molecule has 1 atom stereocenters. The van der Waals surface area contributed by atoms with Crippen molar-refractivity contribution in [2.75, 3.05) is 20.8 Å². The summed E-state index contributed by atoms with van der Waals surface area (Å²) >= 11 is 0. The van der Waals surface area contributed by atoms with Gasteiger partial charge >= 0.3 is 0 Å². The van der Waals surface area contributed by atoms with E-state index in [1.54, 1.807) is 26.6 Å². The van der Waals surface area contributed by atoms with Crippen LogP contribution >= 0.6 is 0 Å². The summed E-state index contributed by atoms with van der Waals surface area (Å²) in [5.41, 5.74) is 6.33. The molecule has 0 saturated carbocycles. The molecule has 0 radical (unpaired) electrons. The molecule has 2 rings (SSSR count). The maximum Gasteiger partial charge on any atom is 0.200 e. The fourth-order valence-corrected chi connectivity index (χ4v) is 11.8. The Morgan fingerprint density at radius 2 is 1.68 bits per heavy atom. The molecule has 0 unspecified atom stereocenters. The van der Waals surface area contributed by atoms with Crippen LogP contribution in [0.15, 0.2) is 46.0 Å². The Morgan fingerprint density at radius 3 is 2.13 bits per heavy atom. The Bertz CT molecular complexity index is 820. The molecule has 0 amide bonds. The van der Waals surface area contributed by atoms with E-state index in [-0.39, 0.29) is 5.78 Å². The molecule has 174 valence electrons. The first-order chi connectivity index (χ1) is 14.4. The molecule has 0 aliphatic heterocycles. The second-order valence-electron chi connectivity index (χ2n) is 10.2. The molecule has 4 nitrogen and oxygen atoms in total. The number of methoxy groups -OCH3 is 2. The topological polar surface area (TPSA) is 44.8 Å². The predicted octanol–water partition coefficient (Wildman–Crippen LogP) is 6.86. The minimum atomic E-state index is -2.07. The lowest BCUT2D eigenvalue weighted by Crippen LogP contribution is -2.48. The summed E-state index contributed by atoms with van der Waals surface area (Å²) in [6.07, 6.45) is 3.95. The third-order valence-electron chi connectivity index (χ3n) is 7.27. The van der Waals surface area contributed by atoms with Gasteiger partial charge in [0.15, 0.2) is 5.78 Å². The van der Waals surface area contributed by atoms with E-state index in [1.165, 1.54) is 0 Å². The summed E-state index contributed by atoms with van der Waals surface area (Å²) in [5.74, 6) is 1.01. The van der Waals surface area contributed by atoms with Gasteiger partial charge in [-0.3, -0.25) is 4.79 Å². The van der Waals surface area contributed by atoms with Gasteiger partial charge in [0.05, 0.1) is 27.1 Å². The fraction of sp³-hybridized carbons (Fsp3) is 0.654. The highest BCUT2D eigenvalue weighted by molar-refractivity contribution is 6.77. The largest absolute Gasteiger partial charge is 0.504 e. The number of hydrogen-bond acceptors (Lipinski definition) is 4. The molecule has 31 heavy (non-hydrogen) atoms. The quantitative estimate of drug-likeness (QED) is 0.286. The minimum Gasteiger partial charge on any atom is -0.504 e. The molecule has 0 spiro atoms. The van der Waals surface area contributed by atoms with Crippen molar-refractivity contribution >= 4 is 14.1 Å². The Kier molecular flexibility index (Phi) is 7.86. The molecule has 0 fully saturated rings. The van der Waals surface area contributed by atoms with Crippen LogP contribution in [0.5, 0.6) is 0 Å². The lowest BCUT2D eigenvalue weighted by molar-refractivity contribution is -0.116. The first kappa shape index (κ1) is 25.7. The molecule has 0 heterocycles. The van der Waals surface area contributed by atoms with E-state index in [9.17, 15) is 4.79 Å². The number of carbonyl (C=O) groups is 1. The van der Waals surface area contributed by atoms with Crippen molar-refractivity contribution in [2.24, 2.45) is 5.41 Å². The predicted molar refractivity (Wildman–Crippen MR) is 130 cm³/mol. The van der Waals surface area contributed by atoms with Gasteiger partial charge in [-0.15, -0.1) is 0 Å². The summed E-state index contributed by atoms with van der Waals surface area (Å²) in [6.45, 7) is 20.5. The highest BCUT2D eigenvalue weighted by Gasteiger charge is 2.50. The van der Waals surface area contributed by atoms with E-state index in [0.717, 1.165) is 33.6 Å². The maximum absolute atomic E-state index is 12.6. The third kappa shape index (κ3) is 4.23. The van der Waals surface area contributed by atoms with E-state index in [4.69, 9.17) is 13.9 Å². The highest BCUT2D eigenvalue weighted by Crippen LogP contribution is 2.57. The summed E-state index contributed by atoms with van der Waals surface area (Å²) in [7, 11) is 1.32. The Balaban J connectivity index is 2.70. The highest BCUT2D eigenvalue weighted by atomic mass is 28.4. The number of allylic oxidation sites excluding steroid dienone is 5. The lowest BCUT2D eigenvalue weighted by Gasteiger charge is -2.42. The van der Waals surface area contributed by atoms with Crippen LogP contribution in [0.1, 0.15) is 68.7 Å². The van der Waals surface area contributed by atoms with Gasteiger partial charge in [0.25, 0.3) is 0 Å². The first-order valence-electron chi connectivity index (χ1n) is 11.5. The average molecular weight is 447 g/mol. The van der Waals surface area contributed by atoms with E-state index in [2.05, 4.69) is 55.4 Å². The molecule has 0 saturated heterocycles. The summed E-state index contributed by atoms with van der Waals surface area (Å²) in [4.78, 5) is 12.6. The van der Waals surface area contributed by atoms with Crippen molar-refractivity contribution in [1.82, 2.24) is 0 Å². The molecule has 2 aliphatic carbocycles. The zero-order valence-corrected chi connectivity index (χ0v) is 22.4. The van der Waals surface area contributed by atoms with Gasteiger partial charge in [-0.25, -0.2) is 0 Å². The lowest BCUT2D eigenvalue weighted by atomic mass is 9.67. The van der Waals surface area contributed by atoms with Crippen LogP contribution < -0.4 is 0 Å². The SMILES string of the molecule is COC=C(C)C1=C(CO[Si](C(C)C)(C(C)C)C(C)C)C(OC)=C2C(C)=CC(=O)C[C@]12C. The zero-order valence-electron chi connectivity index (χ0n) is 21.4. The molecule has 5 heteroatoms. The van der Waals surface area contributed by atoms with Gasteiger partial charge in [0, 0.05) is 23.0 Å². The zero-order chi connectivity index (χ0) is 23.7. The Labute approximate surface area is 190 Å². The summed E-state index contributed by atoms with van der Waals surface area (Å²) in [6, 6.07) is 0. The molecular weight excluding hydrogens is 404 g/mol. The number of hydrogen-bond donors (Lipinski definition) is 0. The molecule has 0 aromatic rings. The van der Waals surface area contributed by atoms with Crippen molar-refractivity contribution in [1.29, 1.82) is 0 Å². The van der Waals surface area contributed by atoms with E-state index in [0.29, 0.717) is 29.7 Å². The van der Waals surface area contributed by atoms with Gasteiger partial charge in [-0.2, -0.15) is 0 Å². The normalized spacial score (nSPS) is 22.7. The smallest absolute Gasteiger partial charge is 0.200 e. The Hall–Kier alpha value is -1.59. The molecule has 0 aromatic heterocycles. The summed E-state index contributed by atoms with van der Waals surface area (Å²) < 4.78 is 18.4. The Morgan fingerprint density at radius 1 is 1.13 bits per heavy atom. The van der Waals surface area contributed by atoms with Crippen LogP contribution in [-0.4, -0.2) is 34.9 Å². The number of fused-ring (bicyclic) bond motifs is 1. The second kappa shape index (κ2) is 9.49. The van der Waals surface area contributed by atoms with Gasteiger partial charge in [0.2, 0.25) is 8.32 Å². The van der Waals surface area contributed by atoms with Crippen molar-refractivity contribution in [3.05, 3.63) is 46.0 Å². The average Bonchev–Trinajstić information content (AvgIpc) is 2.89. The van der Waals surface area contributed by atoms with Crippen LogP contribution in [0.2, 0.25) is 16.6 Å². The minimum absolute atomic E-state index is 0.152. The van der Waals surface area contributed by atoms with Gasteiger partial charge < -0.3 is 13.9 Å². The number of ether oxygens (including phenoxy) is 2. The van der Waals surface area contributed by atoms with E-state index in [1.807, 2.05) is 6.92 Å². The number of carbonyl (C=O) groups excluding carboxylic acids is 1. The van der Waals surface area contributed by atoms with Crippen molar-refractivity contribution in [3.8, 4) is 0 Å². The molecular formula is C26H42O4Si. The van der Waals surface area contributed by atoms with Crippen molar-refractivity contribution in [3.63, 3.8) is 0 Å². The fourth-order valence-electron chi connectivity index (χ4n) is 6.45. The standard InChI is InChI=1S/C26H42O4Si/c1-16(2)31(17(3)4,18(5)6)30-15-22-23(20(8)14-28-10)26(9)13-21(27)12-19(7)24(26)25(22)29-11/h12,14,16-18H,13,15H2,1-11H3/t26-/m1/s1. The van der Waals surface area contributed by atoms with Crippen molar-refractivity contribution < 1.29 is 18.7 Å². The van der Waals surface area contributed by atoms with Gasteiger partial charge in [0.1, 0.15) is 5.76 Å². The number of ketones is 1. The molecule has 2 aliphatic rings. The van der Waals surface area contributed by atoms with Gasteiger partial charge in [-0.1, -0.05) is 48.5 Å². The van der Waals surface area contributed by atoms with E-state index >= 15 is 0 Å². The third-order valence-corrected chi connectivity index (χ3v) is 13.3. The molecule has 0 bridgehead atoms. The molecule has 0 aromatic carbocycles. The van der Waals surface area contributed by atoms with Crippen LogP contribution in [-0.2, 0) is 18.7 Å². The van der Waals surface area contributed by atoms with Gasteiger partial charge in [-0.05, 0) is 53.3 Å². The van der Waals surface area contributed by atoms with E-state index < -0.39 is 13.7 Å². The first-order valence-corrected chi connectivity index (χ1v) is 13.6. The second-order valence-corrected chi connectivity index (χ2v) is 15.7. The van der Waals surface area contributed by atoms with Crippen LogP contribution in [0.3, 0.4) is 0 Å². The maximum atomic E-state index is 12.6. The monoisotopic (exact) mass is 446 g/mol. The van der Waals surface area contributed by atoms with Crippen LogP contribution in [0, 0.1) is 5.41 Å².